The molecule has 0 saturated carbocycles. The van der Waals surface area contributed by atoms with Crippen LogP contribution in [0.2, 0.25) is 0 Å². The second-order valence-corrected chi connectivity index (χ2v) is 8.42. The summed E-state index contributed by atoms with van der Waals surface area (Å²) in [5.41, 5.74) is 1.91. The van der Waals surface area contributed by atoms with Crippen molar-refractivity contribution in [2.45, 2.75) is 31.3 Å². The average Bonchev–Trinajstić information content (AvgIpc) is 3.63. The van der Waals surface area contributed by atoms with Gasteiger partial charge in [0.2, 0.25) is 5.88 Å². The molecule has 0 radical (unpaired) electrons. The van der Waals surface area contributed by atoms with Gasteiger partial charge in [-0.25, -0.2) is 9.78 Å². The van der Waals surface area contributed by atoms with Crippen LogP contribution in [0.5, 0.6) is 17.4 Å². The number of carboxylic acids is 1. The number of rotatable bonds is 7. The highest BCUT2D eigenvalue weighted by molar-refractivity contribution is 5.90. The predicted molar refractivity (Wildman–Crippen MR) is 124 cm³/mol. The summed E-state index contributed by atoms with van der Waals surface area (Å²) in [4.78, 5) is 20.0. The number of aromatic carboxylic acids is 1. The zero-order chi connectivity index (χ0) is 25.4. The highest BCUT2D eigenvalue weighted by Gasteiger charge is 2.44. The third-order valence-electron chi connectivity index (χ3n) is 6.06. The quantitative estimate of drug-likeness (QED) is 0.311. The minimum atomic E-state index is -4.81. The highest BCUT2D eigenvalue weighted by atomic mass is 19.4. The van der Waals surface area contributed by atoms with Gasteiger partial charge in [-0.05, 0) is 53.3 Å². The number of benzene rings is 2. The summed E-state index contributed by atoms with van der Waals surface area (Å²) in [7, 11) is 0. The van der Waals surface area contributed by atoms with Crippen LogP contribution in [0.1, 0.15) is 40.5 Å². The number of nitrogens with one attached hydrogen (secondary N) is 1. The molecule has 3 atom stereocenters. The van der Waals surface area contributed by atoms with Gasteiger partial charge in [0.15, 0.2) is 0 Å². The number of halogens is 3. The first-order valence-corrected chi connectivity index (χ1v) is 11.1. The van der Waals surface area contributed by atoms with Crippen LogP contribution in [0.3, 0.4) is 0 Å². The van der Waals surface area contributed by atoms with E-state index in [4.69, 9.17) is 9.84 Å². The average molecular weight is 495 g/mol. The van der Waals surface area contributed by atoms with E-state index in [1.54, 1.807) is 36.7 Å². The predicted octanol–water partition coefficient (Wildman–Crippen LogP) is 5.84. The van der Waals surface area contributed by atoms with Crippen molar-refractivity contribution in [3.05, 3.63) is 89.9 Å². The monoisotopic (exact) mass is 495 g/mol. The molecule has 3 unspecified atom stereocenters. The van der Waals surface area contributed by atoms with Crippen LogP contribution in [0, 0.1) is 0 Å². The highest BCUT2D eigenvalue weighted by Crippen LogP contribution is 2.43. The molecule has 0 bridgehead atoms. The Morgan fingerprint density at radius 1 is 1.03 bits per heavy atom. The third-order valence-corrected chi connectivity index (χ3v) is 6.06. The summed E-state index contributed by atoms with van der Waals surface area (Å²) in [6, 6.07) is 15.5. The van der Waals surface area contributed by atoms with Crippen LogP contribution in [0.4, 0.5) is 13.2 Å². The standard InChI is InChI=1S/C26H20F3N3O4/c1-14(15-5-7-17(8-6-15)25(33)34)21-23(32-21)22-20-16(9-11-30-22)10-12-31-24(20)35-18-3-2-4-19(13-18)36-26(27,28)29/h2-14,21,23,32H,1H3,(H,33,34). The van der Waals surface area contributed by atoms with E-state index in [1.165, 1.54) is 18.2 Å². The normalized spacial score (nSPS) is 18.0. The van der Waals surface area contributed by atoms with E-state index in [2.05, 4.69) is 20.0 Å². The zero-order valence-corrected chi connectivity index (χ0v) is 18.9. The molecule has 1 fully saturated rings. The van der Waals surface area contributed by atoms with Crippen LogP contribution >= 0.6 is 0 Å². The molecule has 3 heterocycles. The molecule has 1 saturated heterocycles. The number of hydrogen-bond acceptors (Lipinski definition) is 6. The van der Waals surface area contributed by atoms with Crippen molar-refractivity contribution in [3.63, 3.8) is 0 Å². The minimum Gasteiger partial charge on any atom is -0.478 e. The van der Waals surface area contributed by atoms with Gasteiger partial charge < -0.3 is 19.9 Å². The summed E-state index contributed by atoms with van der Waals surface area (Å²) in [5, 5.41) is 14.0. The smallest absolute Gasteiger partial charge is 0.478 e. The van der Waals surface area contributed by atoms with Gasteiger partial charge in [-0.15, -0.1) is 13.2 Å². The van der Waals surface area contributed by atoms with E-state index in [-0.39, 0.29) is 35.2 Å². The number of ether oxygens (including phenoxy) is 2. The van der Waals surface area contributed by atoms with E-state index in [0.717, 1.165) is 17.0 Å². The van der Waals surface area contributed by atoms with Crippen LogP contribution in [0.25, 0.3) is 10.8 Å². The maximum Gasteiger partial charge on any atom is 0.573 e. The van der Waals surface area contributed by atoms with E-state index in [1.807, 2.05) is 19.1 Å². The lowest BCUT2D eigenvalue weighted by atomic mass is 9.93. The van der Waals surface area contributed by atoms with Gasteiger partial charge in [-0.2, -0.15) is 0 Å². The lowest BCUT2D eigenvalue weighted by molar-refractivity contribution is -0.274. The van der Waals surface area contributed by atoms with E-state index < -0.39 is 18.1 Å². The van der Waals surface area contributed by atoms with E-state index in [0.29, 0.717) is 11.1 Å². The second kappa shape index (κ2) is 9.12. The Balaban J connectivity index is 1.42. The van der Waals surface area contributed by atoms with E-state index in [9.17, 15) is 18.0 Å². The van der Waals surface area contributed by atoms with E-state index >= 15 is 0 Å². The largest absolute Gasteiger partial charge is 0.573 e. The second-order valence-electron chi connectivity index (χ2n) is 8.42. The van der Waals surface area contributed by atoms with Crippen molar-refractivity contribution in [1.29, 1.82) is 0 Å². The van der Waals surface area contributed by atoms with Crippen LogP contribution in [-0.4, -0.2) is 33.4 Å². The molecule has 0 aliphatic carbocycles. The molecule has 0 amide bonds. The molecular weight excluding hydrogens is 475 g/mol. The Labute approximate surface area is 203 Å². The van der Waals surface area contributed by atoms with Crippen LogP contribution in [0.15, 0.2) is 73.1 Å². The molecule has 4 aromatic rings. The Morgan fingerprint density at radius 2 is 1.72 bits per heavy atom. The van der Waals surface area contributed by atoms with Gasteiger partial charge in [0.1, 0.15) is 11.5 Å². The number of hydrogen-bond donors (Lipinski definition) is 2. The van der Waals surface area contributed by atoms with Gasteiger partial charge in [0.05, 0.1) is 22.7 Å². The number of pyridine rings is 2. The first kappa shape index (κ1) is 23.6. The fraction of sp³-hybridized carbons (Fsp3) is 0.192. The summed E-state index contributed by atoms with van der Waals surface area (Å²) in [6.45, 7) is 2.04. The van der Waals surface area contributed by atoms with Gasteiger partial charge >= 0.3 is 12.3 Å². The summed E-state index contributed by atoms with van der Waals surface area (Å²) in [6.07, 6.45) is -1.57. The van der Waals surface area contributed by atoms with Crippen molar-refractivity contribution in [2.75, 3.05) is 0 Å². The van der Waals surface area contributed by atoms with Gasteiger partial charge in [0.25, 0.3) is 0 Å². The first-order valence-electron chi connectivity index (χ1n) is 11.1. The molecule has 36 heavy (non-hydrogen) atoms. The number of alkyl halides is 3. The number of aromatic nitrogens is 2. The zero-order valence-electron chi connectivity index (χ0n) is 18.9. The lowest BCUT2D eigenvalue weighted by Crippen LogP contribution is -2.17. The number of carboxylic acid groups (broad SMARTS) is 1. The topological polar surface area (TPSA) is 103 Å². The lowest BCUT2D eigenvalue weighted by Gasteiger charge is -2.13. The van der Waals surface area contributed by atoms with Gasteiger partial charge in [-0.1, -0.05) is 25.1 Å². The van der Waals surface area contributed by atoms with Crippen molar-refractivity contribution < 1.29 is 32.5 Å². The molecule has 2 aromatic carbocycles. The molecule has 10 heteroatoms. The first-order chi connectivity index (χ1) is 17.2. The van der Waals surface area contributed by atoms with Gasteiger partial charge in [0, 0.05) is 24.5 Å². The maximum atomic E-state index is 12.6. The number of carbonyl (C=O) groups is 1. The Morgan fingerprint density at radius 3 is 2.42 bits per heavy atom. The van der Waals surface area contributed by atoms with Crippen molar-refractivity contribution in [3.8, 4) is 17.4 Å². The summed E-state index contributed by atoms with van der Waals surface area (Å²) >= 11 is 0. The molecule has 0 spiro atoms. The maximum absolute atomic E-state index is 12.6. The molecular formula is C26H20F3N3O4. The van der Waals surface area contributed by atoms with Crippen molar-refractivity contribution in [2.24, 2.45) is 0 Å². The van der Waals surface area contributed by atoms with Crippen molar-refractivity contribution in [1.82, 2.24) is 15.3 Å². The molecule has 1 aliphatic heterocycles. The Hall–Kier alpha value is -4.18. The number of fused-ring (bicyclic) bond motifs is 1. The molecule has 2 N–H and O–H groups in total. The van der Waals surface area contributed by atoms with Crippen LogP contribution in [-0.2, 0) is 0 Å². The third kappa shape index (κ3) is 4.94. The van der Waals surface area contributed by atoms with Crippen molar-refractivity contribution >= 4 is 16.7 Å². The Kier molecular flexibility index (Phi) is 5.97. The molecule has 5 rings (SSSR count). The Bertz CT molecular complexity index is 1420. The number of nitrogens with zero attached hydrogens (tertiary/aromatic N) is 2. The van der Waals surface area contributed by atoms with Crippen LogP contribution < -0.4 is 14.8 Å². The molecule has 7 nitrogen and oxygen atoms in total. The molecule has 184 valence electrons. The fourth-order valence-corrected chi connectivity index (χ4v) is 4.25. The molecule has 2 aromatic heterocycles. The fourth-order valence-electron chi connectivity index (χ4n) is 4.25. The summed E-state index contributed by atoms with van der Waals surface area (Å²) in [5.74, 6) is -0.964. The SMILES string of the molecule is CC(c1ccc(C(=O)O)cc1)C1NC1c1nccc2ccnc(Oc3cccc(OC(F)(F)F)c3)c12. The minimum absolute atomic E-state index is 0.0374. The summed E-state index contributed by atoms with van der Waals surface area (Å²) < 4.78 is 47.7. The molecule has 1 aliphatic rings. The van der Waals surface area contributed by atoms with Gasteiger partial charge in [-0.3, -0.25) is 4.98 Å².